The molecule has 0 radical (unpaired) electrons. The molecule has 1 saturated heterocycles. The Hall–Kier alpha value is -1.32. The van der Waals surface area contributed by atoms with Gasteiger partial charge in [0.25, 0.3) is 5.56 Å². The minimum absolute atomic E-state index is 0.182. The molecule has 1 N–H and O–H groups in total. The topological polar surface area (TPSA) is 50.2 Å². The van der Waals surface area contributed by atoms with Gasteiger partial charge < -0.3 is 10.2 Å². The van der Waals surface area contributed by atoms with E-state index in [0.717, 1.165) is 38.2 Å². The van der Waals surface area contributed by atoms with E-state index < -0.39 is 0 Å². The number of anilines is 1. The monoisotopic (exact) mass is 352 g/mol. The Morgan fingerprint density at radius 3 is 2.81 bits per heavy atom. The molecule has 114 valence electrons. The first-order valence-electron chi connectivity index (χ1n) is 7.07. The first-order chi connectivity index (χ1) is 9.95. The van der Waals surface area contributed by atoms with E-state index in [1.54, 1.807) is 6.20 Å². The van der Waals surface area contributed by atoms with Crippen LogP contribution in [0, 0.1) is 17.8 Å². The van der Waals surface area contributed by atoms with Crippen LogP contribution < -0.4 is 10.9 Å². The summed E-state index contributed by atoms with van der Waals surface area (Å²) in [6.07, 6.45) is 9.17. The maximum atomic E-state index is 12.1. The number of nitrogens with zero attached hydrogens (tertiary/aromatic N) is 3. The number of aromatic nitrogens is 2. The van der Waals surface area contributed by atoms with Gasteiger partial charge in [0.1, 0.15) is 11.0 Å². The van der Waals surface area contributed by atoms with Crippen LogP contribution in [-0.2, 0) is 6.54 Å². The maximum Gasteiger partial charge on any atom is 0.284 e. The van der Waals surface area contributed by atoms with Crippen LogP contribution >= 0.6 is 15.9 Å². The lowest BCUT2D eigenvalue weighted by atomic mass is 9.80. The Morgan fingerprint density at radius 1 is 1.52 bits per heavy atom. The lowest BCUT2D eigenvalue weighted by Crippen LogP contribution is -2.40. The van der Waals surface area contributed by atoms with E-state index in [1.807, 2.05) is 0 Å². The smallest absolute Gasteiger partial charge is 0.284 e. The zero-order valence-electron chi connectivity index (χ0n) is 12.5. The highest BCUT2D eigenvalue weighted by molar-refractivity contribution is 9.10. The van der Waals surface area contributed by atoms with Crippen LogP contribution in [0.5, 0.6) is 0 Å². The third-order valence-corrected chi connectivity index (χ3v) is 4.89. The van der Waals surface area contributed by atoms with Gasteiger partial charge in [0.15, 0.2) is 0 Å². The quantitative estimate of drug-likeness (QED) is 0.839. The molecule has 0 aliphatic carbocycles. The van der Waals surface area contributed by atoms with Gasteiger partial charge in [0.05, 0.1) is 11.9 Å². The third kappa shape index (κ3) is 3.86. The van der Waals surface area contributed by atoms with E-state index in [0.29, 0.717) is 4.47 Å². The molecule has 6 heteroatoms. The van der Waals surface area contributed by atoms with Crippen LogP contribution in [-0.4, -0.2) is 41.4 Å². The molecule has 0 spiro atoms. The van der Waals surface area contributed by atoms with E-state index in [9.17, 15) is 4.79 Å². The molecule has 0 saturated carbocycles. The molecule has 0 bridgehead atoms. The molecule has 0 amide bonds. The molecular formula is C15H21BrN4O. The van der Waals surface area contributed by atoms with Gasteiger partial charge in [-0.1, -0.05) is 12.8 Å². The molecule has 5 nitrogen and oxygen atoms in total. The summed E-state index contributed by atoms with van der Waals surface area (Å²) in [6.45, 7) is 5.53. The van der Waals surface area contributed by atoms with Crippen LogP contribution in [0.3, 0.4) is 0 Å². The molecule has 1 aromatic rings. The fourth-order valence-electron chi connectivity index (χ4n) is 2.43. The van der Waals surface area contributed by atoms with E-state index in [2.05, 4.69) is 51.1 Å². The second-order valence-electron chi connectivity index (χ2n) is 6.01. The summed E-state index contributed by atoms with van der Waals surface area (Å²) < 4.78 is 1.76. The van der Waals surface area contributed by atoms with Gasteiger partial charge in [-0.05, 0) is 54.3 Å². The molecule has 0 aromatic carbocycles. The van der Waals surface area contributed by atoms with Crippen molar-refractivity contribution >= 4 is 21.6 Å². The van der Waals surface area contributed by atoms with E-state index in [4.69, 9.17) is 6.42 Å². The molecule has 0 atom stereocenters. The van der Waals surface area contributed by atoms with Gasteiger partial charge >= 0.3 is 0 Å². The van der Waals surface area contributed by atoms with E-state index >= 15 is 0 Å². The Balaban J connectivity index is 2.06. The summed E-state index contributed by atoms with van der Waals surface area (Å²) in [4.78, 5) is 14.4. The molecule has 1 aliphatic rings. The van der Waals surface area contributed by atoms with Gasteiger partial charge in [0.2, 0.25) is 0 Å². The fraction of sp³-hybridized carbons (Fsp3) is 0.600. The Labute approximate surface area is 133 Å². The maximum absolute atomic E-state index is 12.1. The number of hydrogen-bond donors (Lipinski definition) is 1. The van der Waals surface area contributed by atoms with Crippen molar-refractivity contribution in [2.45, 2.75) is 26.3 Å². The summed E-state index contributed by atoms with van der Waals surface area (Å²) in [6, 6.07) is 0. The first kappa shape index (κ1) is 16.1. The van der Waals surface area contributed by atoms with Crippen LogP contribution in [0.2, 0.25) is 0 Å². The van der Waals surface area contributed by atoms with Crippen LogP contribution in [0.25, 0.3) is 0 Å². The molecule has 1 aliphatic heterocycles. The normalized spacial score (nSPS) is 18.2. The number of hydrogen-bond acceptors (Lipinski definition) is 4. The molecule has 1 aromatic heterocycles. The van der Waals surface area contributed by atoms with Gasteiger partial charge in [-0.15, -0.1) is 6.42 Å². The van der Waals surface area contributed by atoms with E-state index in [1.165, 1.54) is 4.68 Å². The molecule has 0 unspecified atom stereocenters. The predicted octanol–water partition coefficient (Wildman–Crippen LogP) is 1.78. The van der Waals surface area contributed by atoms with E-state index in [-0.39, 0.29) is 17.5 Å². The molecule has 21 heavy (non-hydrogen) atoms. The largest absolute Gasteiger partial charge is 0.382 e. The predicted molar refractivity (Wildman–Crippen MR) is 88.4 cm³/mol. The lowest BCUT2D eigenvalue weighted by molar-refractivity contribution is 0.150. The summed E-state index contributed by atoms with van der Waals surface area (Å²) in [7, 11) is 2.15. The number of rotatable bonds is 4. The third-order valence-electron chi connectivity index (χ3n) is 4.13. The van der Waals surface area contributed by atoms with Crippen molar-refractivity contribution in [2.75, 3.05) is 32.0 Å². The summed E-state index contributed by atoms with van der Waals surface area (Å²) >= 11 is 3.34. The van der Waals surface area contributed by atoms with Crippen molar-refractivity contribution in [3.63, 3.8) is 0 Å². The van der Waals surface area contributed by atoms with Crippen molar-refractivity contribution in [1.29, 1.82) is 0 Å². The standard InChI is InChI=1S/C15H21BrN4O/c1-4-7-20-14(21)13(16)12(10-18-20)17-11-15(2)5-8-19(3)9-6-15/h1,10,17H,5-9,11H2,2-3H3. The Kier molecular flexibility index (Phi) is 5.07. The van der Waals surface area contributed by atoms with Gasteiger partial charge in [0, 0.05) is 6.54 Å². The highest BCUT2D eigenvalue weighted by atomic mass is 79.9. The minimum atomic E-state index is -0.202. The SMILES string of the molecule is C#CCn1ncc(NCC2(C)CCN(C)CC2)c(Br)c1=O. The zero-order chi connectivity index (χ0) is 15.5. The Morgan fingerprint density at radius 2 is 2.19 bits per heavy atom. The fourth-order valence-corrected chi connectivity index (χ4v) is 2.88. The molecule has 2 rings (SSSR count). The number of terminal acetylenes is 1. The van der Waals surface area contributed by atoms with Crippen molar-refractivity contribution in [3.05, 3.63) is 21.0 Å². The second kappa shape index (κ2) is 6.63. The van der Waals surface area contributed by atoms with Gasteiger partial charge in [-0.3, -0.25) is 4.79 Å². The molecule has 1 fully saturated rings. The zero-order valence-corrected chi connectivity index (χ0v) is 14.1. The summed E-state index contributed by atoms with van der Waals surface area (Å²) in [5.74, 6) is 2.42. The number of nitrogens with one attached hydrogen (secondary N) is 1. The van der Waals surface area contributed by atoms with Crippen LogP contribution in [0.1, 0.15) is 19.8 Å². The lowest BCUT2D eigenvalue weighted by Gasteiger charge is -2.38. The summed E-state index contributed by atoms with van der Waals surface area (Å²) in [5, 5.41) is 7.44. The van der Waals surface area contributed by atoms with Crippen molar-refractivity contribution < 1.29 is 0 Å². The minimum Gasteiger partial charge on any atom is -0.382 e. The summed E-state index contributed by atoms with van der Waals surface area (Å²) in [5.41, 5.74) is 0.777. The first-order valence-corrected chi connectivity index (χ1v) is 7.86. The second-order valence-corrected chi connectivity index (χ2v) is 6.80. The molecular weight excluding hydrogens is 332 g/mol. The van der Waals surface area contributed by atoms with Gasteiger partial charge in [-0.2, -0.15) is 5.10 Å². The van der Waals surface area contributed by atoms with Crippen LogP contribution in [0.15, 0.2) is 15.5 Å². The van der Waals surface area contributed by atoms with Crippen LogP contribution in [0.4, 0.5) is 5.69 Å². The van der Waals surface area contributed by atoms with Gasteiger partial charge in [-0.25, -0.2) is 4.68 Å². The average molecular weight is 353 g/mol. The highest BCUT2D eigenvalue weighted by Crippen LogP contribution is 2.31. The van der Waals surface area contributed by atoms with Crippen molar-refractivity contribution in [2.24, 2.45) is 5.41 Å². The number of piperidine rings is 1. The highest BCUT2D eigenvalue weighted by Gasteiger charge is 2.28. The molecule has 2 heterocycles. The average Bonchev–Trinajstić information content (AvgIpc) is 2.47. The number of halogens is 1. The van der Waals surface area contributed by atoms with Crippen molar-refractivity contribution in [1.82, 2.24) is 14.7 Å². The number of likely N-dealkylation sites (tertiary alicyclic amines) is 1. The van der Waals surface area contributed by atoms with Crippen molar-refractivity contribution in [3.8, 4) is 12.3 Å². The Bertz CT molecular complexity index is 597.